The van der Waals surface area contributed by atoms with Gasteiger partial charge in [0.1, 0.15) is 0 Å². The van der Waals surface area contributed by atoms with Gasteiger partial charge in [-0.2, -0.15) is 4.31 Å². The van der Waals surface area contributed by atoms with Gasteiger partial charge in [0, 0.05) is 28.8 Å². The third kappa shape index (κ3) is 3.99. The summed E-state index contributed by atoms with van der Waals surface area (Å²) in [4.78, 5) is 12.9. The predicted octanol–water partition coefficient (Wildman–Crippen LogP) is 3.99. The molecule has 0 spiro atoms. The second kappa shape index (κ2) is 7.97. The van der Waals surface area contributed by atoms with E-state index in [1.807, 2.05) is 6.92 Å². The van der Waals surface area contributed by atoms with E-state index in [4.69, 9.17) is 9.47 Å². The van der Waals surface area contributed by atoms with Crippen molar-refractivity contribution in [2.24, 2.45) is 0 Å². The van der Waals surface area contributed by atoms with E-state index in [1.165, 1.54) is 16.4 Å². The number of rotatable bonds is 4. The first-order valence-corrected chi connectivity index (χ1v) is 11.6. The quantitative estimate of drug-likeness (QED) is 0.714. The summed E-state index contributed by atoms with van der Waals surface area (Å²) in [7, 11) is -3.67. The minimum atomic E-state index is -3.67. The number of benzene rings is 2. The Kier molecular flexibility index (Phi) is 5.54. The Hall–Kier alpha value is -2.10. The van der Waals surface area contributed by atoms with Gasteiger partial charge in [0.25, 0.3) is 5.91 Å². The molecule has 1 saturated heterocycles. The Bertz CT molecular complexity index is 1060. The number of hydrogen-bond acceptors (Lipinski definition) is 5. The summed E-state index contributed by atoms with van der Waals surface area (Å²) >= 11 is 3.35. The van der Waals surface area contributed by atoms with Crippen molar-refractivity contribution < 1.29 is 22.7 Å². The molecule has 7 nitrogen and oxygen atoms in total. The third-order valence-electron chi connectivity index (χ3n) is 5.16. The monoisotopic (exact) mass is 480 g/mol. The standard InChI is InChI=1S/C20H21BrN2O5S/c1-13-4-2-3-9-23(13)29(25,26)15-6-7-17(21)16(11-15)20(24)22-14-5-8-18-19(10-14)28-12-27-18/h5-8,10-11,13H,2-4,9,12H2,1H3,(H,22,24)/t13-/m1/s1. The van der Waals surface area contributed by atoms with E-state index in [0.717, 1.165) is 19.3 Å². The Morgan fingerprint density at radius 1 is 1.14 bits per heavy atom. The first kappa shape index (κ1) is 20.2. The molecule has 0 aliphatic carbocycles. The SMILES string of the molecule is C[C@@H]1CCCCN1S(=O)(=O)c1ccc(Br)c(C(=O)Nc2ccc3c(c2)OCO3)c1. The second-order valence-corrected chi connectivity index (χ2v) is 9.87. The summed E-state index contributed by atoms with van der Waals surface area (Å²) < 4.78 is 38.9. The molecule has 0 unspecified atom stereocenters. The molecule has 2 aromatic rings. The van der Waals surface area contributed by atoms with Crippen molar-refractivity contribution in [3.8, 4) is 11.5 Å². The summed E-state index contributed by atoms with van der Waals surface area (Å²) in [6, 6.07) is 9.57. The van der Waals surface area contributed by atoms with Crippen LogP contribution in [-0.2, 0) is 10.0 Å². The van der Waals surface area contributed by atoms with Crippen LogP contribution in [0.25, 0.3) is 0 Å². The fourth-order valence-corrected chi connectivity index (χ4v) is 5.73. The average molecular weight is 481 g/mol. The second-order valence-electron chi connectivity index (χ2n) is 7.12. The van der Waals surface area contributed by atoms with E-state index in [9.17, 15) is 13.2 Å². The van der Waals surface area contributed by atoms with Gasteiger partial charge in [0.05, 0.1) is 10.5 Å². The largest absolute Gasteiger partial charge is 0.454 e. The summed E-state index contributed by atoms with van der Waals surface area (Å²) in [5, 5.41) is 2.78. The summed E-state index contributed by atoms with van der Waals surface area (Å²) in [5.41, 5.74) is 0.775. The number of carbonyl (C=O) groups is 1. The first-order chi connectivity index (χ1) is 13.9. The van der Waals surface area contributed by atoms with Gasteiger partial charge in [-0.05, 0) is 66.0 Å². The van der Waals surface area contributed by atoms with Gasteiger partial charge in [-0.3, -0.25) is 4.79 Å². The zero-order valence-electron chi connectivity index (χ0n) is 15.9. The Labute approximate surface area is 178 Å². The minimum absolute atomic E-state index is 0.0525. The van der Waals surface area contributed by atoms with E-state index >= 15 is 0 Å². The Balaban J connectivity index is 1.60. The van der Waals surface area contributed by atoms with Gasteiger partial charge in [-0.25, -0.2) is 8.42 Å². The molecule has 154 valence electrons. The van der Waals surface area contributed by atoms with Gasteiger partial charge in [0.2, 0.25) is 16.8 Å². The maximum Gasteiger partial charge on any atom is 0.256 e. The van der Waals surface area contributed by atoms with Crippen LogP contribution in [-0.4, -0.2) is 38.0 Å². The summed E-state index contributed by atoms with van der Waals surface area (Å²) in [6.45, 7) is 2.56. The summed E-state index contributed by atoms with van der Waals surface area (Å²) in [5.74, 6) is 0.754. The first-order valence-electron chi connectivity index (χ1n) is 9.38. The van der Waals surface area contributed by atoms with Crippen molar-refractivity contribution >= 4 is 37.5 Å². The van der Waals surface area contributed by atoms with Crippen molar-refractivity contribution in [2.45, 2.75) is 37.1 Å². The normalized spacial score (nSPS) is 19.2. The van der Waals surface area contributed by atoms with Crippen LogP contribution in [0, 0.1) is 0 Å². The number of anilines is 1. The van der Waals surface area contributed by atoms with Crippen LogP contribution in [0.1, 0.15) is 36.5 Å². The summed E-state index contributed by atoms with van der Waals surface area (Å²) in [6.07, 6.45) is 2.71. The van der Waals surface area contributed by atoms with E-state index in [0.29, 0.717) is 28.2 Å². The average Bonchev–Trinajstić information content (AvgIpc) is 3.16. The molecule has 2 aliphatic heterocycles. The molecule has 2 aromatic carbocycles. The maximum atomic E-state index is 13.1. The molecule has 0 aromatic heterocycles. The zero-order chi connectivity index (χ0) is 20.6. The molecule has 2 aliphatic rings. The molecule has 9 heteroatoms. The lowest BCUT2D eigenvalue weighted by molar-refractivity contribution is 0.102. The number of halogens is 1. The number of carbonyl (C=O) groups excluding carboxylic acids is 1. The number of hydrogen-bond donors (Lipinski definition) is 1. The van der Waals surface area contributed by atoms with Crippen molar-refractivity contribution in [1.82, 2.24) is 4.31 Å². The van der Waals surface area contributed by atoms with Crippen LogP contribution in [0.3, 0.4) is 0 Å². The lowest BCUT2D eigenvalue weighted by Gasteiger charge is -2.32. The number of ether oxygens (including phenoxy) is 2. The molecule has 29 heavy (non-hydrogen) atoms. The number of nitrogens with zero attached hydrogens (tertiary/aromatic N) is 1. The highest BCUT2D eigenvalue weighted by Gasteiger charge is 2.31. The van der Waals surface area contributed by atoms with Gasteiger partial charge in [-0.15, -0.1) is 0 Å². The molecule has 1 amide bonds. The predicted molar refractivity (Wildman–Crippen MR) is 112 cm³/mol. The van der Waals surface area contributed by atoms with Crippen LogP contribution in [0.15, 0.2) is 45.8 Å². The molecular formula is C20H21BrN2O5S. The molecule has 4 rings (SSSR count). The number of piperidine rings is 1. The minimum Gasteiger partial charge on any atom is -0.454 e. The molecular weight excluding hydrogens is 460 g/mol. The Morgan fingerprint density at radius 2 is 1.93 bits per heavy atom. The zero-order valence-corrected chi connectivity index (χ0v) is 18.3. The molecule has 0 saturated carbocycles. The van der Waals surface area contributed by atoms with Crippen molar-refractivity contribution in [3.63, 3.8) is 0 Å². The maximum absolute atomic E-state index is 13.1. The van der Waals surface area contributed by atoms with Gasteiger partial charge in [0.15, 0.2) is 11.5 Å². The van der Waals surface area contributed by atoms with Crippen LogP contribution < -0.4 is 14.8 Å². The fraction of sp³-hybridized carbons (Fsp3) is 0.350. The molecule has 1 atom stereocenters. The molecule has 0 radical (unpaired) electrons. The van der Waals surface area contributed by atoms with Crippen LogP contribution in [0.2, 0.25) is 0 Å². The molecule has 1 N–H and O–H groups in total. The third-order valence-corrected chi connectivity index (χ3v) is 7.86. The highest BCUT2D eigenvalue weighted by molar-refractivity contribution is 9.10. The van der Waals surface area contributed by atoms with Crippen molar-refractivity contribution in [3.05, 3.63) is 46.4 Å². The van der Waals surface area contributed by atoms with Crippen LogP contribution >= 0.6 is 15.9 Å². The van der Waals surface area contributed by atoms with E-state index in [2.05, 4.69) is 21.2 Å². The lowest BCUT2D eigenvalue weighted by atomic mass is 10.1. The van der Waals surface area contributed by atoms with Gasteiger partial charge >= 0.3 is 0 Å². The number of fused-ring (bicyclic) bond motifs is 1. The van der Waals surface area contributed by atoms with E-state index in [-0.39, 0.29) is 23.3 Å². The number of amides is 1. The van der Waals surface area contributed by atoms with E-state index < -0.39 is 15.9 Å². The number of sulfonamides is 1. The van der Waals surface area contributed by atoms with Crippen molar-refractivity contribution in [2.75, 3.05) is 18.7 Å². The smallest absolute Gasteiger partial charge is 0.256 e. The van der Waals surface area contributed by atoms with Crippen LogP contribution in [0.5, 0.6) is 11.5 Å². The lowest BCUT2D eigenvalue weighted by Crippen LogP contribution is -2.41. The fourth-order valence-electron chi connectivity index (χ4n) is 3.58. The Morgan fingerprint density at radius 3 is 2.72 bits per heavy atom. The molecule has 2 heterocycles. The van der Waals surface area contributed by atoms with Gasteiger partial charge < -0.3 is 14.8 Å². The highest BCUT2D eigenvalue weighted by atomic mass is 79.9. The molecule has 1 fully saturated rings. The van der Waals surface area contributed by atoms with Gasteiger partial charge in [-0.1, -0.05) is 6.42 Å². The van der Waals surface area contributed by atoms with Crippen LogP contribution in [0.4, 0.5) is 5.69 Å². The molecule has 0 bridgehead atoms. The highest BCUT2D eigenvalue weighted by Crippen LogP contribution is 2.34. The van der Waals surface area contributed by atoms with E-state index in [1.54, 1.807) is 24.3 Å². The van der Waals surface area contributed by atoms with Crippen molar-refractivity contribution in [1.29, 1.82) is 0 Å². The number of nitrogens with one attached hydrogen (secondary N) is 1. The topological polar surface area (TPSA) is 84.9 Å².